The van der Waals surface area contributed by atoms with Gasteiger partial charge in [0.15, 0.2) is 0 Å². The molecule has 4 rings (SSSR count). The van der Waals surface area contributed by atoms with Crippen LogP contribution in [0.2, 0.25) is 5.02 Å². The Hall–Kier alpha value is -2.69. The second kappa shape index (κ2) is 7.28. The van der Waals surface area contributed by atoms with E-state index in [9.17, 15) is 4.79 Å². The van der Waals surface area contributed by atoms with Gasteiger partial charge in [-0.1, -0.05) is 66.2 Å². The number of fused-ring (bicyclic) bond motifs is 2. The van der Waals surface area contributed by atoms with Crippen molar-refractivity contribution in [2.24, 2.45) is 5.10 Å². The molecule has 1 amide bonds. The van der Waals surface area contributed by atoms with Crippen LogP contribution in [0.3, 0.4) is 0 Å². The summed E-state index contributed by atoms with van der Waals surface area (Å²) in [5.41, 5.74) is 3.56. The Balaban J connectivity index is 1.70. The van der Waals surface area contributed by atoms with Gasteiger partial charge in [0.1, 0.15) is 0 Å². The van der Waals surface area contributed by atoms with Crippen LogP contribution in [0, 0.1) is 0 Å². The third kappa shape index (κ3) is 3.21. The summed E-state index contributed by atoms with van der Waals surface area (Å²) >= 11 is 8.16. The van der Waals surface area contributed by atoms with Crippen LogP contribution >= 0.6 is 22.9 Å². The van der Waals surface area contributed by atoms with Crippen molar-refractivity contribution in [2.45, 2.75) is 6.42 Å². The molecule has 0 saturated heterocycles. The van der Waals surface area contributed by atoms with E-state index in [0.29, 0.717) is 6.42 Å². The van der Waals surface area contributed by atoms with E-state index in [4.69, 9.17) is 11.6 Å². The number of hydrazone groups is 1. The van der Waals surface area contributed by atoms with Gasteiger partial charge in [-0.15, -0.1) is 11.3 Å². The van der Waals surface area contributed by atoms with Crippen molar-refractivity contribution in [3.05, 3.63) is 81.5 Å². The Kier molecular flexibility index (Phi) is 4.69. The second-order valence-corrected chi connectivity index (χ2v) is 7.28. The Morgan fingerprint density at radius 2 is 1.58 bits per heavy atom. The second-order valence-electron chi connectivity index (χ2n) is 5.87. The highest BCUT2D eigenvalue weighted by Crippen LogP contribution is 2.35. The average molecular weight is 379 g/mol. The van der Waals surface area contributed by atoms with E-state index in [1.165, 1.54) is 0 Å². The molecule has 0 unspecified atom stereocenters. The standard InChI is InChI=1S/C21H15ClN2OS/c22-21-17-9-3-1-7-15(17)19(16-8-2-4-10-18(16)21)13-23-24-20(25)12-14-6-5-11-26-14/h1-11,13H,12H2,(H,24,25)/b23-13-. The van der Waals surface area contributed by atoms with Crippen LogP contribution in [0.15, 0.2) is 71.1 Å². The lowest BCUT2D eigenvalue weighted by molar-refractivity contribution is -0.120. The Bertz CT molecular complexity index is 1060. The van der Waals surface area contributed by atoms with Crippen LogP contribution in [-0.4, -0.2) is 12.1 Å². The van der Waals surface area contributed by atoms with E-state index in [1.807, 2.05) is 66.0 Å². The predicted octanol–water partition coefficient (Wildman–Crippen LogP) is 5.40. The minimum atomic E-state index is -0.133. The summed E-state index contributed by atoms with van der Waals surface area (Å²) in [5, 5.41) is 10.8. The quantitative estimate of drug-likeness (QED) is 0.288. The molecule has 0 fully saturated rings. The van der Waals surface area contributed by atoms with Gasteiger partial charge < -0.3 is 0 Å². The van der Waals surface area contributed by atoms with Gasteiger partial charge in [0.2, 0.25) is 5.91 Å². The lowest BCUT2D eigenvalue weighted by Gasteiger charge is -2.10. The number of hydrogen-bond acceptors (Lipinski definition) is 3. The summed E-state index contributed by atoms with van der Waals surface area (Å²) < 4.78 is 0. The van der Waals surface area contributed by atoms with Crippen molar-refractivity contribution in [3.8, 4) is 0 Å². The first-order chi connectivity index (χ1) is 12.7. The van der Waals surface area contributed by atoms with E-state index in [2.05, 4.69) is 10.5 Å². The largest absolute Gasteiger partial charge is 0.273 e. The van der Waals surface area contributed by atoms with E-state index in [0.717, 1.165) is 37.0 Å². The van der Waals surface area contributed by atoms with Crippen molar-refractivity contribution >= 4 is 56.6 Å². The van der Waals surface area contributed by atoms with Crippen LogP contribution in [0.5, 0.6) is 0 Å². The lowest BCUT2D eigenvalue weighted by Crippen LogP contribution is -2.19. The SMILES string of the molecule is O=C(Cc1cccs1)N/N=C\c1c2ccccc2c(Cl)c2ccccc12. The molecule has 3 nitrogen and oxygen atoms in total. The molecule has 0 radical (unpaired) electrons. The number of nitrogens with one attached hydrogen (secondary N) is 1. The van der Waals surface area contributed by atoms with Crippen LogP contribution in [0.4, 0.5) is 0 Å². The normalized spacial score (nSPS) is 11.4. The first-order valence-electron chi connectivity index (χ1n) is 8.17. The van der Waals surface area contributed by atoms with Gasteiger partial charge in [-0.2, -0.15) is 5.10 Å². The molecule has 0 aliphatic heterocycles. The number of thiophene rings is 1. The molecule has 128 valence electrons. The fourth-order valence-corrected chi connectivity index (χ4v) is 4.06. The Morgan fingerprint density at radius 3 is 2.15 bits per heavy atom. The summed E-state index contributed by atoms with van der Waals surface area (Å²) in [6.07, 6.45) is 2.03. The summed E-state index contributed by atoms with van der Waals surface area (Å²) in [6, 6.07) is 19.8. The lowest BCUT2D eigenvalue weighted by atomic mass is 9.97. The number of rotatable bonds is 4. The summed E-state index contributed by atoms with van der Waals surface area (Å²) in [4.78, 5) is 13.1. The molecular weight excluding hydrogens is 364 g/mol. The van der Waals surface area contributed by atoms with Gasteiger partial charge in [-0.25, -0.2) is 5.43 Å². The fourth-order valence-electron chi connectivity index (χ4n) is 3.03. The number of carbonyl (C=O) groups is 1. The zero-order chi connectivity index (χ0) is 17.9. The third-order valence-corrected chi connectivity index (χ3v) is 5.49. The van der Waals surface area contributed by atoms with Gasteiger partial charge in [0.05, 0.1) is 17.7 Å². The molecule has 0 aliphatic rings. The first-order valence-corrected chi connectivity index (χ1v) is 9.43. The molecular formula is C21H15ClN2OS. The monoisotopic (exact) mass is 378 g/mol. The van der Waals surface area contributed by atoms with Gasteiger partial charge in [0.25, 0.3) is 0 Å². The van der Waals surface area contributed by atoms with Crippen molar-refractivity contribution in [1.82, 2.24) is 5.43 Å². The molecule has 1 aromatic heterocycles. The van der Waals surface area contributed by atoms with Crippen LogP contribution in [0.1, 0.15) is 10.4 Å². The minimum Gasteiger partial charge on any atom is -0.273 e. The van der Waals surface area contributed by atoms with Crippen LogP contribution in [-0.2, 0) is 11.2 Å². The number of nitrogens with zero attached hydrogens (tertiary/aromatic N) is 1. The summed E-state index contributed by atoms with van der Waals surface area (Å²) in [5.74, 6) is -0.133. The number of amides is 1. The Morgan fingerprint density at radius 1 is 0.962 bits per heavy atom. The number of halogens is 1. The zero-order valence-corrected chi connectivity index (χ0v) is 15.3. The molecule has 1 N–H and O–H groups in total. The number of carbonyl (C=O) groups excluding carboxylic acids is 1. The highest BCUT2D eigenvalue weighted by Gasteiger charge is 2.11. The van der Waals surface area contributed by atoms with Crippen molar-refractivity contribution in [3.63, 3.8) is 0 Å². The molecule has 3 aromatic carbocycles. The van der Waals surface area contributed by atoms with Gasteiger partial charge in [-0.3, -0.25) is 4.79 Å². The summed E-state index contributed by atoms with van der Waals surface area (Å²) in [7, 11) is 0. The maximum atomic E-state index is 12.0. The number of hydrogen-bond donors (Lipinski definition) is 1. The molecule has 0 atom stereocenters. The maximum Gasteiger partial charge on any atom is 0.245 e. The van der Waals surface area contributed by atoms with Gasteiger partial charge in [0, 0.05) is 21.2 Å². The molecule has 0 bridgehead atoms. The maximum absolute atomic E-state index is 12.0. The topological polar surface area (TPSA) is 41.5 Å². The van der Waals surface area contributed by atoms with E-state index in [-0.39, 0.29) is 5.91 Å². The molecule has 4 aromatic rings. The highest BCUT2D eigenvalue weighted by molar-refractivity contribution is 7.10. The highest BCUT2D eigenvalue weighted by atomic mass is 35.5. The zero-order valence-electron chi connectivity index (χ0n) is 13.8. The smallest absolute Gasteiger partial charge is 0.245 e. The van der Waals surface area contributed by atoms with E-state index < -0.39 is 0 Å². The average Bonchev–Trinajstić information content (AvgIpc) is 3.17. The fraction of sp³-hybridized carbons (Fsp3) is 0.0476. The van der Waals surface area contributed by atoms with Crippen LogP contribution in [0.25, 0.3) is 21.5 Å². The summed E-state index contributed by atoms with van der Waals surface area (Å²) in [6.45, 7) is 0. The molecule has 0 saturated carbocycles. The predicted molar refractivity (Wildman–Crippen MR) is 110 cm³/mol. The van der Waals surface area contributed by atoms with Crippen molar-refractivity contribution < 1.29 is 4.79 Å². The molecule has 26 heavy (non-hydrogen) atoms. The molecule has 5 heteroatoms. The van der Waals surface area contributed by atoms with E-state index >= 15 is 0 Å². The molecule has 0 spiro atoms. The molecule has 0 aliphatic carbocycles. The third-order valence-electron chi connectivity index (χ3n) is 4.21. The van der Waals surface area contributed by atoms with Gasteiger partial charge >= 0.3 is 0 Å². The van der Waals surface area contributed by atoms with E-state index in [1.54, 1.807) is 17.6 Å². The number of benzene rings is 3. The molecule has 1 heterocycles. The first kappa shape index (κ1) is 16.8. The van der Waals surface area contributed by atoms with Crippen molar-refractivity contribution in [2.75, 3.05) is 0 Å². The van der Waals surface area contributed by atoms with Crippen molar-refractivity contribution in [1.29, 1.82) is 0 Å². The van der Waals surface area contributed by atoms with Crippen LogP contribution < -0.4 is 5.43 Å². The van der Waals surface area contributed by atoms with Gasteiger partial charge in [-0.05, 0) is 22.2 Å². The Labute approximate surface area is 159 Å². The minimum absolute atomic E-state index is 0.133.